The highest BCUT2D eigenvalue weighted by atomic mass is 32.2. The van der Waals surface area contributed by atoms with E-state index in [9.17, 15) is 4.79 Å². The zero-order chi connectivity index (χ0) is 17.2. The van der Waals surface area contributed by atoms with Crippen LogP contribution in [-0.2, 0) is 6.54 Å². The molecular formula is C18H26N4OS. The van der Waals surface area contributed by atoms with E-state index in [1.165, 1.54) is 10.7 Å². The van der Waals surface area contributed by atoms with Gasteiger partial charge in [-0.1, -0.05) is 23.9 Å². The van der Waals surface area contributed by atoms with Crippen LogP contribution >= 0.6 is 11.8 Å². The number of thioether (sulfide) groups is 1. The largest absolute Gasteiger partial charge is 0.355 e. The average molecular weight is 347 g/mol. The molecule has 1 saturated heterocycles. The smallest absolute Gasteiger partial charge is 0.251 e. The molecule has 0 radical (unpaired) electrons. The van der Waals surface area contributed by atoms with Crippen molar-refractivity contribution in [1.82, 2.24) is 15.1 Å². The Morgan fingerprint density at radius 2 is 2.04 bits per heavy atom. The van der Waals surface area contributed by atoms with E-state index in [4.69, 9.17) is 4.99 Å². The van der Waals surface area contributed by atoms with Crippen molar-refractivity contribution in [3.8, 4) is 0 Å². The van der Waals surface area contributed by atoms with Crippen LogP contribution in [-0.4, -0.2) is 65.4 Å². The van der Waals surface area contributed by atoms with E-state index in [0.29, 0.717) is 0 Å². The second kappa shape index (κ2) is 7.15. The Hall–Kier alpha value is -1.53. The van der Waals surface area contributed by atoms with Crippen molar-refractivity contribution in [1.29, 1.82) is 0 Å². The molecule has 0 saturated carbocycles. The second-order valence-electron chi connectivity index (χ2n) is 7.00. The van der Waals surface area contributed by atoms with Crippen LogP contribution in [0.25, 0.3) is 0 Å². The number of amidine groups is 1. The van der Waals surface area contributed by atoms with Crippen molar-refractivity contribution in [2.75, 3.05) is 39.8 Å². The molecule has 0 bridgehead atoms. The third-order valence-electron chi connectivity index (χ3n) is 4.43. The lowest BCUT2D eigenvalue weighted by Gasteiger charge is -2.36. The van der Waals surface area contributed by atoms with Gasteiger partial charge in [-0.2, -0.15) is 0 Å². The number of carbonyl (C=O) groups excluding carboxylic acids is 1. The van der Waals surface area contributed by atoms with Gasteiger partial charge in [-0.05, 0) is 31.5 Å². The van der Waals surface area contributed by atoms with Gasteiger partial charge >= 0.3 is 0 Å². The fraction of sp³-hybridized carbons (Fsp3) is 0.556. The standard InChI is InChI=1S/C18H26N4OS/c1-18(2)13-20-17(24-18)22-9-7-21(8-10-22)12-14-5-4-6-15(11-14)16(23)19-3/h4-6,11H,7-10,12-13H2,1-3H3,(H,19,23). The van der Waals surface area contributed by atoms with Gasteiger partial charge in [0.2, 0.25) is 0 Å². The van der Waals surface area contributed by atoms with Crippen molar-refractivity contribution >= 4 is 22.8 Å². The predicted octanol–water partition coefficient (Wildman–Crippen LogP) is 2.05. The Kier molecular flexibility index (Phi) is 5.15. The quantitative estimate of drug-likeness (QED) is 0.910. The van der Waals surface area contributed by atoms with Gasteiger partial charge in [0, 0.05) is 50.1 Å². The summed E-state index contributed by atoms with van der Waals surface area (Å²) in [6, 6.07) is 7.91. The molecule has 130 valence electrons. The number of piperazine rings is 1. The molecule has 1 N–H and O–H groups in total. The summed E-state index contributed by atoms with van der Waals surface area (Å²) in [4.78, 5) is 21.3. The SMILES string of the molecule is CNC(=O)c1cccc(CN2CCN(C3=NCC(C)(C)S3)CC2)c1. The van der Waals surface area contributed by atoms with Gasteiger partial charge in [0.05, 0.1) is 6.54 Å². The molecular weight excluding hydrogens is 320 g/mol. The van der Waals surface area contributed by atoms with Gasteiger partial charge in [0.25, 0.3) is 5.91 Å². The van der Waals surface area contributed by atoms with Crippen molar-refractivity contribution in [2.45, 2.75) is 25.1 Å². The molecule has 1 aromatic rings. The summed E-state index contributed by atoms with van der Waals surface area (Å²) < 4.78 is 0.243. The summed E-state index contributed by atoms with van der Waals surface area (Å²) >= 11 is 1.90. The first-order chi connectivity index (χ1) is 11.5. The second-order valence-corrected chi connectivity index (χ2v) is 8.68. The number of amides is 1. The molecule has 0 spiro atoms. The molecule has 2 aliphatic heterocycles. The summed E-state index contributed by atoms with van der Waals surface area (Å²) in [7, 11) is 1.67. The molecule has 0 aromatic heterocycles. The Balaban J connectivity index is 1.53. The number of carbonyl (C=O) groups is 1. The molecule has 0 aliphatic carbocycles. The molecule has 1 aromatic carbocycles. The first kappa shape index (κ1) is 17.3. The van der Waals surface area contributed by atoms with Crippen LogP contribution < -0.4 is 5.32 Å². The van der Waals surface area contributed by atoms with Crippen LogP contribution in [0.4, 0.5) is 0 Å². The number of nitrogens with one attached hydrogen (secondary N) is 1. The normalized spacial score (nSPS) is 20.8. The van der Waals surface area contributed by atoms with Crippen molar-refractivity contribution < 1.29 is 4.79 Å². The highest BCUT2D eigenvalue weighted by molar-refractivity contribution is 8.15. The zero-order valence-corrected chi connectivity index (χ0v) is 15.5. The van der Waals surface area contributed by atoms with Crippen LogP contribution in [0.5, 0.6) is 0 Å². The lowest BCUT2D eigenvalue weighted by molar-refractivity contribution is 0.0963. The van der Waals surface area contributed by atoms with Gasteiger partial charge < -0.3 is 10.2 Å². The Bertz CT molecular complexity index is 636. The van der Waals surface area contributed by atoms with Gasteiger partial charge in [0.15, 0.2) is 5.17 Å². The van der Waals surface area contributed by atoms with Gasteiger partial charge in [-0.25, -0.2) is 0 Å². The molecule has 0 unspecified atom stereocenters. The summed E-state index contributed by atoms with van der Waals surface area (Å²) in [6.07, 6.45) is 0. The summed E-state index contributed by atoms with van der Waals surface area (Å²) in [5.41, 5.74) is 1.92. The molecule has 1 fully saturated rings. The monoisotopic (exact) mass is 346 g/mol. The summed E-state index contributed by atoms with van der Waals surface area (Å²) in [5, 5.41) is 3.89. The molecule has 24 heavy (non-hydrogen) atoms. The lowest BCUT2D eigenvalue weighted by Crippen LogP contribution is -2.47. The number of hydrogen-bond donors (Lipinski definition) is 1. The van der Waals surface area contributed by atoms with Gasteiger partial charge in [-0.15, -0.1) is 0 Å². The minimum Gasteiger partial charge on any atom is -0.355 e. The first-order valence-electron chi connectivity index (χ1n) is 8.49. The number of benzene rings is 1. The maximum Gasteiger partial charge on any atom is 0.251 e. The molecule has 5 nitrogen and oxygen atoms in total. The van der Waals surface area contributed by atoms with Crippen LogP contribution in [0, 0.1) is 0 Å². The minimum atomic E-state index is -0.0273. The van der Waals surface area contributed by atoms with Crippen molar-refractivity contribution in [2.24, 2.45) is 4.99 Å². The fourth-order valence-electron chi connectivity index (χ4n) is 3.04. The molecule has 1 amide bonds. The van der Waals surface area contributed by atoms with Crippen molar-refractivity contribution in [3.05, 3.63) is 35.4 Å². The Labute approximate surface area is 148 Å². The number of rotatable bonds is 3. The maximum atomic E-state index is 11.8. The molecule has 0 atom stereocenters. The Morgan fingerprint density at radius 1 is 1.29 bits per heavy atom. The molecule has 2 aliphatic rings. The van der Waals surface area contributed by atoms with E-state index in [0.717, 1.165) is 44.8 Å². The number of aliphatic imine (C=N–C) groups is 1. The minimum absolute atomic E-state index is 0.0273. The van der Waals surface area contributed by atoms with E-state index in [1.54, 1.807) is 7.05 Å². The zero-order valence-electron chi connectivity index (χ0n) is 14.7. The van der Waals surface area contributed by atoms with E-state index in [1.807, 2.05) is 30.0 Å². The van der Waals surface area contributed by atoms with Crippen LogP contribution in [0.2, 0.25) is 0 Å². The topological polar surface area (TPSA) is 47.9 Å². The average Bonchev–Trinajstić information content (AvgIpc) is 2.95. The third kappa shape index (κ3) is 4.11. The number of nitrogens with zero attached hydrogens (tertiary/aromatic N) is 3. The Morgan fingerprint density at radius 3 is 2.67 bits per heavy atom. The van der Waals surface area contributed by atoms with Crippen LogP contribution in [0.15, 0.2) is 29.3 Å². The molecule has 2 heterocycles. The van der Waals surface area contributed by atoms with Crippen LogP contribution in [0.1, 0.15) is 29.8 Å². The third-order valence-corrected chi connectivity index (χ3v) is 5.68. The first-order valence-corrected chi connectivity index (χ1v) is 9.30. The summed E-state index contributed by atoms with van der Waals surface area (Å²) in [6.45, 7) is 10.4. The van der Waals surface area contributed by atoms with E-state index >= 15 is 0 Å². The van der Waals surface area contributed by atoms with E-state index < -0.39 is 0 Å². The van der Waals surface area contributed by atoms with Crippen LogP contribution in [0.3, 0.4) is 0 Å². The van der Waals surface area contributed by atoms with E-state index in [-0.39, 0.29) is 10.7 Å². The lowest BCUT2D eigenvalue weighted by atomic mass is 10.1. The van der Waals surface area contributed by atoms with Crippen molar-refractivity contribution in [3.63, 3.8) is 0 Å². The highest BCUT2D eigenvalue weighted by Gasteiger charge is 2.31. The predicted molar refractivity (Wildman–Crippen MR) is 101 cm³/mol. The fourth-order valence-corrected chi connectivity index (χ4v) is 4.11. The number of hydrogen-bond acceptors (Lipinski definition) is 5. The molecule has 6 heteroatoms. The maximum absolute atomic E-state index is 11.8. The van der Waals surface area contributed by atoms with E-state index in [2.05, 4.69) is 35.0 Å². The highest BCUT2D eigenvalue weighted by Crippen LogP contribution is 2.33. The summed E-state index contributed by atoms with van der Waals surface area (Å²) in [5.74, 6) is -0.0273. The van der Waals surface area contributed by atoms with Gasteiger partial charge in [0.1, 0.15) is 0 Å². The molecule has 3 rings (SSSR count). The van der Waals surface area contributed by atoms with Gasteiger partial charge in [-0.3, -0.25) is 14.7 Å².